The molecule has 18 unspecified atom stereocenters. The van der Waals surface area contributed by atoms with E-state index < -0.39 is 383 Å². The number of rotatable bonds is 20. The fraction of sp³-hybridized carbons (Fsp3) is 0.684. The van der Waals surface area contributed by atoms with Crippen LogP contribution in [0.25, 0.3) is 0 Å². The van der Waals surface area contributed by atoms with Crippen LogP contribution in [0.3, 0.4) is 0 Å². The van der Waals surface area contributed by atoms with Gasteiger partial charge in [0, 0.05) is 161 Å². The smallest absolute Gasteiger partial charge is 0.161 e. The molecule has 20 heteroatoms. The maximum absolute atomic E-state index is 11.1. The standard InChI is InChI=1S/5C19H29NO3/c5*1-12(2)7-14-11-20-6-5-13-8-18(22-3)19(23-4)9-15(13)16(20)10-17(14)21/h5*8-9,12,14,16-17,21H,5-7,10-11H2,1-4H3/i1D3,4D3,5D2,6D2,7D2,8D,9D,11D2,12D;2*1D3,5D2,6D2,7D2,8D,9D,11D2,12D;4D3,5D2,6D2,8D,9D,11D2;5D2,6D2,8D,9D,11D2. The van der Waals surface area contributed by atoms with Crippen LogP contribution in [-0.2, 0) is 31.9 Å². The van der Waals surface area contributed by atoms with Crippen LogP contribution < -0.4 is 47.4 Å². The average molecular weight is 1660 g/mol. The Bertz CT molecular complexity index is 6910. The van der Waals surface area contributed by atoms with Gasteiger partial charge < -0.3 is 72.9 Å². The second kappa shape index (κ2) is 40.6. The summed E-state index contributed by atoms with van der Waals surface area (Å²) >= 11 is 0. The summed E-state index contributed by atoms with van der Waals surface area (Å²) in [5.74, 6) is -22.2. The van der Waals surface area contributed by atoms with E-state index in [9.17, 15) is 25.5 Å². The maximum Gasteiger partial charge on any atom is 0.161 e. The minimum atomic E-state index is -3.42. The molecule has 5 saturated heterocycles. The second-order valence-electron chi connectivity index (χ2n) is 28.8. The molecule has 0 bridgehead atoms. The highest BCUT2D eigenvalue weighted by molar-refractivity contribution is 5.54. The molecule has 5 fully saturated rings. The van der Waals surface area contributed by atoms with Gasteiger partial charge in [-0.2, -0.15) is 0 Å². The molecular weight excluding hydrogens is 1450 g/mol. The zero-order valence-corrected chi connectivity index (χ0v) is 66.3. The Morgan fingerprint density at radius 1 is 0.330 bits per heavy atom. The summed E-state index contributed by atoms with van der Waals surface area (Å²) in [5, 5.41) is 55.0. The molecule has 18 atom stereocenters. The van der Waals surface area contributed by atoms with Gasteiger partial charge >= 0.3 is 0 Å². The van der Waals surface area contributed by atoms with Gasteiger partial charge in [0.2, 0.25) is 0 Å². The normalized spacial score (nSPS) is 44.7. The van der Waals surface area contributed by atoms with Gasteiger partial charge in [0.05, 0.1) is 123 Å². The lowest BCUT2D eigenvalue weighted by Crippen LogP contribution is -2.48. The molecule has 15 rings (SSSR count). The molecule has 5 N–H and O–H groups in total. The molecule has 115 heavy (non-hydrogen) atoms. The van der Waals surface area contributed by atoms with Gasteiger partial charge in [-0.3, -0.25) is 24.5 Å². The Labute approximate surface area is 779 Å². The molecule has 5 aromatic rings. The molecule has 0 spiro atoms. The Kier molecular flexibility index (Phi) is 13.3. The zero-order valence-electron chi connectivity index (χ0n) is 130. The number of benzene rings is 5. The van der Waals surface area contributed by atoms with Crippen molar-refractivity contribution in [2.24, 2.45) is 59.1 Å². The molecule has 0 amide bonds. The molecule has 0 aromatic heterocycles. The average Bonchev–Trinajstić information content (AvgIpc) is 0.673. The van der Waals surface area contributed by atoms with Gasteiger partial charge in [0.25, 0.3) is 0 Å². The Morgan fingerprint density at radius 2 is 0.522 bits per heavy atom. The van der Waals surface area contributed by atoms with Crippen molar-refractivity contribution < 1.29 is 161 Å². The number of ether oxygens (including phenoxy) is 10. The van der Waals surface area contributed by atoms with E-state index in [1.165, 1.54) is 28.4 Å². The van der Waals surface area contributed by atoms with Gasteiger partial charge in [-0.05, 0) is 271 Å². The van der Waals surface area contributed by atoms with Gasteiger partial charge in [0.15, 0.2) is 57.5 Å². The summed E-state index contributed by atoms with van der Waals surface area (Å²) in [4.78, 5) is 2.47. The van der Waals surface area contributed by atoms with Crippen molar-refractivity contribution >= 4 is 0 Å². The van der Waals surface area contributed by atoms with Crippen molar-refractivity contribution in [2.75, 3.05) is 136 Å². The summed E-state index contributed by atoms with van der Waals surface area (Å²) in [6, 6.07) is -13.6. The molecular formula is C95H145N5O15. The highest BCUT2D eigenvalue weighted by Crippen LogP contribution is 2.50. The van der Waals surface area contributed by atoms with Crippen LogP contribution in [0.1, 0.15) is 307 Å². The van der Waals surface area contributed by atoms with E-state index in [0.717, 1.165) is 47.2 Å². The van der Waals surface area contributed by atoms with Crippen LogP contribution in [0.2, 0.25) is 0 Å². The van der Waals surface area contributed by atoms with E-state index in [1.807, 2.05) is 27.7 Å². The van der Waals surface area contributed by atoms with Crippen LogP contribution in [0, 0.1) is 59.1 Å². The van der Waals surface area contributed by atoms with Crippen LogP contribution >= 0.6 is 0 Å². The number of hydrogen-bond acceptors (Lipinski definition) is 20. The summed E-state index contributed by atoms with van der Waals surface area (Å²) in [5.41, 5.74) is -4.51. The SMILES string of the molecule is [2H]c1c(OC([2H])([2H])[2H])c(OC)c([2H])c2c1C1CC(O)C(C([2H])([2H])C([2H])(C)C([2H])([2H])[2H])C([2H])([2H])N1C([2H])([2H])C2([2H])[2H].[2H]c1c(OC([2H])([2H])[2H])c(OC)c([2H])c2c1C1CC(O)C(CC(C)C)C([2H])([2H])N1C([2H])([2H])C2([2H])[2H].[2H]c1c(OC)c(OC)c([2H])c2c1C1CC(O)C(C([2H])([2H])C([2H])(C)C([2H])([2H])[2H])C([2H])([2H])N1C([2H])([2H])C2([2H])[2H].[2H]c1c(OC)c(OC)c([2H])c2c1C1CC(O)C(C([2H])([2H])C([2H])(C)C([2H])([2H])[2H])C([2H])([2H])N1C([2H])([2H])C2([2H])[2H].[2H]c1c(OC)c(OC)c([2H])c2c1C1CC(O)C(CC(C)C)C([2H])([2H])N1C([2H])([2H])C2([2H])[2H]. The second-order valence-corrected chi connectivity index (χ2v) is 28.8. The quantitative estimate of drug-likeness (QED) is 0.0491. The molecule has 0 radical (unpaired) electrons. The van der Waals surface area contributed by atoms with Crippen LogP contribution in [0.15, 0.2) is 60.4 Å². The van der Waals surface area contributed by atoms with Gasteiger partial charge in [-0.25, -0.2) is 0 Å². The molecule has 640 valence electrons. The van der Waals surface area contributed by atoms with Crippen molar-refractivity contribution in [1.82, 2.24) is 24.5 Å². The van der Waals surface area contributed by atoms with Gasteiger partial charge in [-0.15, -0.1) is 0 Å². The van der Waals surface area contributed by atoms with Crippen molar-refractivity contribution in [1.29, 1.82) is 0 Å². The molecule has 10 aliphatic heterocycles. The minimum absolute atomic E-state index is 0.0296. The molecule has 0 aliphatic carbocycles. The third kappa shape index (κ3) is 21.1. The predicted octanol–water partition coefficient (Wildman–Crippen LogP) is 15.1. The maximum atomic E-state index is 11.1. The van der Waals surface area contributed by atoms with Gasteiger partial charge in [0.1, 0.15) is 0 Å². The van der Waals surface area contributed by atoms with Crippen molar-refractivity contribution in [3.63, 3.8) is 0 Å². The summed E-state index contributed by atoms with van der Waals surface area (Å²) in [6.07, 6.45) is -35.7. The minimum Gasteiger partial charge on any atom is -0.493 e. The molecule has 0 saturated carbocycles. The lowest BCUT2D eigenvalue weighted by Gasteiger charge is -2.46. The van der Waals surface area contributed by atoms with E-state index in [0.29, 0.717) is 21.6 Å². The van der Waals surface area contributed by atoms with Crippen molar-refractivity contribution in [3.8, 4) is 57.5 Å². The zero-order chi connectivity index (χ0) is 139. The van der Waals surface area contributed by atoms with E-state index >= 15 is 0 Å². The molecule has 20 nitrogen and oxygen atoms in total. The van der Waals surface area contributed by atoms with Crippen LogP contribution in [-0.4, -0.2) is 216 Å². The topological polar surface area (TPSA) is 210 Å². The van der Waals surface area contributed by atoms with E-state index in [4.69, 9.17) is 135 Å². The molecule has 5 aromatic carbocycles. The Hall–Kier alpha value is -6.30. The summed E-state index contributed by atoms with van der Waals surface area (Å²) in [7, 11) is 3.03. The lowest BCUT2D eigenvalue weighted by atomic mass is 9.79. The first-order chi connectivity index (χ1) is 80.0. The number of aliphatic hydroxyl groups is 5. The number of methoxy groups -OCH3 is 10. The summed E-state index contributed by atoms with van der Waals surface area (Å²) in [6.45, 7) is -31.0. The third-order valence-electron chi connectivity index (χ3n) is 19.8. The fourth-order valence-electron chi connectivity index (χ4n) is 14.4. The van der Waals surface area contributed by atoms with Crippen LogP contribution in [0.5, 0.6) is 57.5 Å². The molecule has 10 aliphatic rings. The first kappa shape index (κ1) is 37.8. The van der Waals surface area contributed by atoms with Crippen LogP contribution in [0.4, 0.5) is 0 Å². The largest absolute Gasteiger partial charge is 0.493 e. The first-order valence-electron chi connectivity index (χ1n) is 69.0. The molecule has 10 heterocycles. The predicted molar refractivity (Wildman–Crippen MR) is 456 cm³/mol. The summed E-state index contributed by atoms with van der Waals surface area (Å²) < 4.78 is 587. The van der Waals surface area contributed by atoms with Crippen molar-refractivity contribution in [3.05, 3.63) is 116 Å². The number of hydrogen-bond donors (Lipinski definition) is 5. The monoisotopic (exact) mass is 1660 g/mol. The highest BCUT2D eigenvalue weighted by Gasteiger charge is 2.45. The Morgan fingerprint density at radius 3 is 0.713 bits per heavy atom. The number of piperidine rings is 5. The fourth-order valence-corrected chi connectivity index (χ4v) is 14.4. The Balaban J connectivity index is 0.000000208. The highest BCUT2D eigenvalue weighted by atomic mass is 16.5. The number of nitrogens with zero attached hydrogens (tertiary/aromatic N) is 5. The van der Waals surface area contributed by atoms with E-state index in [-0.39, 0.29) is 111 Å². The number of fused-ring (bicyclic) bond motifs is 15. The lowest BCUT2D eigenvalue weighted by molar-refractivity contribution is -0.0192. The van der Waals surface area contributed by atoms with E-state index in [1.54, 1.807) is 0 Å². The first-order valence-corrected chi connectivity index (χ1v) is 37.0. The van der Waals surface area contributed by atoms with Crippen molar-refractivity contribution in [2.45, 2.75) is 226 Å². The number of aliphatic hydroxyl groups excluding tert-OH is 5. The van der Waals surface area contributed by atoms with E-state index in [2.05, 4.69) is 0 Å². The third-order valence-corrected chi connectivity index (χ3v) is 19.8. The van der Waals surface area contributed by atoms with Gasteiger partial charge in [-0.1, -0.05) is 69.0 Å².